The van der Waals surface area contributed by atoms with Crippen LogP contribution in [-0.4, -0.2) is 65.6 Å². The Morgan fingerprint density at radius 2 is 1.89 bits per heavy atom. The fourth-order valence-corrected chi connectivity index (χ4v) is 5.78. The van der Waals surface area contributed by atoms with Gasteiger partial charge in [-0.1, -0.05) is 77.4 Å². The Kier molecular flexibility index (Phi) is 16.5. The highest BCUT2D eigenvalue weighted by Crippen LogP contribution is 2.42. The molecule has 1 atom stereocenters. The number of rotatable bonds is 7. The van der Waals surface area contributed by atoms with Crippen LogP contribution in [0.2, 0.25) is 5.02 Å². The minimum Gasteiger partial charge on any atom is -0.383 e. The third-order valence-electron chi connectivity index (χ3n) is 8.57. The van der Waals surface area contributed by atoms with E-state index in [-0.39, 0.29) is 17.8 Å². The van der Waals surface area contributed by atoms with Crippen molar-refractivity contribution in [2.75, 3.05) is 32.7 Å². The van der Waals surface area contributed by atoms with Crippen molar-refractivity contribution in [1.29, 1.82) is 0 Å². The third-order valence-corrected chi connectivity index (χ3v) is 8.80. The SMILES string of the molecule is C=CN1C(C(=O)N2CCCC(NC(=C)CN3CCCC3)C2)=CN=C/C1=C/C.CC.CCC1(C)CCC1.Fc1cccc(Cl)c1. The zero-order chi connectivity index (χ0) is 32.5. The lowest BCUT2D eigenvalue weighted by atomic mass is 9.69. The van der Waals surface area contributed by atoms with Crippen LogP contribution in [0.1, 0.15) is 86.0 Å². The molecule has 244 valence electrons. The summed E-state index contributed by atoms with van der Waals surface area (Å²) in [6.45, 7) is 23.3. The average Bonchev–Trinajstić information content (AvgIpc) is 3.53. The summed E-state index contributed by atoms with van der Waals surface area (Å²) in [6.07, 6.45) is 17.4. The minimum atomic E-state index is -0.294. The number of piperidine rings is 1. The van der Waals surface area contributed by atoms with Crippen LogP contribution in [-0.2, 0) is 4.79 Å². The maximum absolute atomic E-state index is 13.1. The van der Waals surface area contributed by atoms with Crippen LogP contribution < -0.4 is 5.32 Å². The van der Waals surface area contributed by atoms with Crippen molar-refractivity contribution in [2.24, 2.45) is 10.4 Å². The predicted octanol–water partition coefficient (Wildman–Crippen LogP) is 8.54. The van der Waals surface area contributed by atoms with E-state index in [0.29, 0.717) is 17.3 Å². The monoisotopic (exact) mass is 627 g/mol. The summed E-state index contributed by atoms with van der Waals surface area (Å²) >= 11 is 5.40. The Balaban J connectivity index is 0.000000321. The molecular formula is C36H55ClFN5O. The zero-order valence-electron chi connectivity index (χ0n) is 27.8. The largest absolute Gasteiger partial charge is 0.383 e. The first-order valence-electron chi connectivity index (χ1n) is 16.4. The molecule has 0 aromatic heterocycles. The fourth-order valence-electron chi connectivity index (χ4n) is 5.60. The van der Waals surface area contributed by atoms with E-state index < -0.39 is 0 Å². The van der Waals surface area contributed by atoms with Crippen molar-refractivity contribution in [3.8, 4) is 0 Å². The summed E-state index contributed by atoms with van der Waals surface area (Å²) in [5.74, 6) is -0.291. The molecule has 2 saturated heterocycles. The number of aliphatic imine (C=N–C) groups is 1. The Morgan fingerprint density at radius 3 is 2.39 bits per heavy atom. The minimum absolute atomic E-state index is 0.00255. The van der Waals surface area contributed by atoms with Crippen LogP contribution in [0.4, 0.5) is 4.39 Å². The topological polar surface area (TPSA) is 51.2 Å². The van der Waals surface area contributed by atoms with Gasteiger partial charge in [-0.25, -0.2) is 4.39 Å². The average molecular weight is 628 g/mol. The molecule has 3 heterocycles. The number of likely N-dealkylation sites (tertiary alicyclic amines) is 2. The predicted molar refractivity (Wildman–Crippen MR) is 185 cm³/mol. The van der Waals surface area contributed by atoms with E-state index in [4.69, 9.17) is 11.6 Å². The molecule has 6 nitrogen and oxygen atoms in total. The molecule has 1 saturated carbocycles. The second kappa shape index (κ2) is 19.5. The molecule has 5 rings (SSSR count). The molecule has 1 unspecified atom stereocenters. The molecule has 4 aliphatic rings. The normalized spacial score (nSPS) is 21.3. The van der Waals surface area contributed by atoms with Crippen molar-refractivity contribution in [1.82, 2.24) is 20.0 Å². The van der Waals surface area contributed by atoms with Crippen LogP contribution in [0.15, 0.2) is 78.0 Å². The Bertz CT molecular complexity index is 1130. The lowest BCUT2D eigenvalue weighted by molar-refractivity contribution is -0.129. The second-order valence-corrected chi connectivity index (χ2v) is 12.3. The number of halogens is 2. The number of hydrogen-bond acceptors (Lipinski definition) is 5. The molecule has 3 fully saturated rings. The van der Waals surface area contributed by atoms with E-state index in [1.54, 1.807) is 35.6 Å². The lowest BCUT2D eigenvalue weighted by Crippen LogP contribution is -2.50. The van der Waals surface area contributed by atoms with E-state index in [9.17, 15) is 9.18 Å². The van der Waals surface area contributed by atoms with Crippen molar-refractivity contribution in [2.45, 2.75) is 92.0 Å². The number of allylic oxidation sites excluding steroid dienone is 2. The quantitative estimate of drug-likeness (QED) is 0.329. The van der Waals surface area contributed by atoms with Gasteiger partial charge in [0.05, 0.1) is 18.1 Å². The number of amides is 1. The van der Waals surface area contributed by atoms with Gasteiger partial charge in [-0.15, -0.1) is 0 Å². The van der Waals surface area contributed by atoms with Gasteiger partial charge in [0.15, 0.2) is 0 Å². The van der Waals surface area contributed by atoms with Crippen molar-refractivity contribution in [3.63, 3.8) is 0 Å². The fraction of sp³-hybridized carbons (Fsp3) is 0.556. The smallest absolute Gasteiger partial charge is 0.272 e. The Labute approximate surface area is 271 Å². The molecule has 1 aromatic carbocycles. The van der Waals surface area contributed by atoms with E-state index in [0.717, 1.165) is 55.8 Å². The van der Waals surface area contributed by atoms with Gasteiger partial charge >= 0.3 is 0 Å². The molecule has 0 bridgehead atoms. The number of carbonyl (C=O) groups is 1. The number of carbonyl (C=O) groups excluding carboxylic acids is 1. The number of nitrogens with zero attached hydrogens (tertiary/aromatic N) is 4. The van der Waals surface area contributed by atoms with Gasteiger partial charge in [0, 0.05) is 42.6 Å². The number of hydrogen-bond donors (Lipinski definition) is 1. The first kappa shape index (κ1) is 37.3. The summed E-state index contributed by atoms with van der Waals surface area (Å²) in [7, 11) is 0. The van der Waals surface area contributed by atoms with Gasteiger partial charge in [-0.3, -0.25) is 14.7 Å². The highest BCUT2D eigenvalue weighted by molar-refractivity contribution is 6.30. The van der Waals surface area contributed by atoms with Gasteiger partial charge < -0.3 is 15.1 Å². The summed E-state index contributed by atoms with van der Waals surface area (Å²) in [6, 6.07) is 6.07. The highest BCUT2D eigenvalue weighted by Gasteiger charge is 2.30. The Hall–Kier alpha value is -2.90. The van der Waals surface area contributed by atoms with Crippen molar-refractivity contribution in [3.05, 3.63) is 83.8 Å². The molecule has 44 heavy (non-hydrogen) atoms. The molecule has 3 aliphatic heterocycles. The van der Waals surface area contributed by atoms with Gasteiger partial charge in [-0.2, -0.15) is 0 Å². The maximum Gasteiger partial charge on any atom is 0.272 e. The number of benzene rings is 1. The molecule has 1 N–H and O–H groups in total. The first-order chi connectivity index (χ1) is 21.2. The summed E-state index contributed by atoms with van der Waals surface area (Å²) in [5, 5.41) is 3.99. The summed E-state index contributed by atoms with van der Waals surface area (Å²) < 4.78 is 12.1. The van der Waals surface area contributed by atoms with Crippen LogP contribution in [0.25, 0.3) is 0 Å². The number of nitrogens with one attached hydrogen (secondary N) is 1. The molecule has 0 radical (unpaired) electrons. The molecule has 1 aliphatic carbocycles. The van der Waals surface area contributed by atoms with E-state index in [1.165, 1.54) is 50.7 Å². The van der Waals surface area contributed by atoms with Crippen LogP contribution in [0, 0.1) is 11.2 Å². The Morgan fingerprint density at radius 1 is 1.18 bits per heavy atom. The molecule has 1 amide bonds. The maximum atomic E-state index is 13.1. The summed E-state index contributed by atoms with van der Waals surface area (Å²) in [5.41, 5.74) is 3.24. The molecular weight excluding hydrogens is 573 g/mol. The van der Waals surface area contributed by atoms with E-state index in [1.807, 2.05) is 31.7 Å². The van der Waals surface area contributed by atoms with Crippen LogP contribution >= 0.6 is 11.6 Å². The zero-order valence-corrected chi connectivity index (χ0v) is 28.5. The van der Waals surface area contributed by atoms with Gasteiger partial charge in [0.2, 0.25) is 0 Å². The van der Waals surface area contributed by atoms with E-state index >= 15 is 0 Å². The van der Waals surface area contributed by atoms with Crippen LogP contribution in [0.3, 0.4) is 0 Å². The molecule has 8 heteroatoms. The summed E-state index contributed by atoms with van der Waals surface area (Å²) in [4.78, 5) is 23.5. The van der Waals surface area contributed by atoms with Crippen molar-refractivity contribution < 1.29 is 9.18 Å². The van der Waals surface area contributed by atoms with Gasteiger partial charge in [-0.05, 0) is 82.2 Å². The van der Waals surface area contributed by atoms with Crippen LogP contribution in [0.5, 0.6) is 0 Å². The lowest BCUT2D eigenvalue weighted by Gasteiger charge is -2.37. The third kappa shape index (κ3) is 11.9. The first-order valence-corrected chi connectivity index (χ1v) is 16.7. The van der Waals surface area contributed by atoms with Gasteiger partial charge in [0.1, 0.15) is 11.5 Å². The standard InChI is InChI=1S/C21H31N5O.C7H14.C6H4ClF.C2H6/c1-4-19-13-22-14-20(26(19)5-2)21(27)25-12-8-9-18(16-25)23-17(3)15-24-10-6-7-11-24;1-3-7(2)5-4-6-7;7-5-2-1-3-6(8)4-5;1-2/h4-5,13-14,18,23H,2-3,6-12,15-16H2,1H3;3-6H2,1-2H3;1-4H;1-2H3/b19-4-;;;. The second-order valence-electron chi connectivity index (χ2n) is 11.8. The molecule has 0 spiro atoms. The molecule has 1 aromatic rings. The van der Waals surface area contributed by atoms with Gasteiger partial charge in [0.25, 0.3) is 5.91 Å². The van der Waals surface area contributed by atoms with E-state index in [2.05, 4.69) is 42.2 Å². The highest BCUT2D eigenvalue weighted by atomic mass is 35.5. The van der Waals surface area contributed by atoms with Crippen molar-refractivity contribution >= 4 is 23.7 Å².